The van der Waals surface area contributed by atoms with Gasteiger partial charge in [-0.05, 0) is 61.7 Å². The maximum Gasteiger partial charge on any atom is 0.255 e. The molecule has 1 heterocycles. The molecule has 0 bridgehead atoms. The summed E-state index contributed by atoms with van der Waals surface area (Å²) in [7, 11) is 0. The first-order chi connectivity index (χ1) is 12.7. The normalized spacial score (nSPS) is 13.7. The van der Waals surface area contributed by atoms with Crippen molar-refractivity contribution in [1.29, 1.82) is 0 Å². The molecule has 1 aliphatic carbocycles. The minimum absolute atomic E-state index is 0.157. The minimum Gasteiger partial charge on any atom is -0.494 e. The number of rotatable bonds is 7. The van der Waals surface area contributed by atoms with Crippen LogP contribution in [0.2, 0.25) is 0 Å². The Hall–Kier alpha value is -2.82. The van der Waals surface area contributed by atoms with Gasteiger partial charge in [-0.1, -0.05) is 13.3 Å². The summed E-state index contributed by atoms with van der Waals surface area (Å²) in [4.78, 5) is 17.0. The molecule has 0 radical (unpaired) electrons. The van der Waals surface area contributed by atoms with Gasteiger partial charge in [0.1, 0.15) is 11.3 Å². The van der Waals surface area contributed by atoms with E-state index >= 15 is 0 Å². The maximum absolute atomic E-state index is 12.4. The van der Waals surface area contributed by atoms with Crippen LogP contribution < -0.4 is 10.1 Å². The lowest BCUT2D eigenvalue weighted by molar-refractivity contribution is 0.102. The van der Waals surface area contributed by atoms with E-state index in [0.29, 0.717) is 23.8 Å². The van der Waals surface area contributed by atoms with Crippen molar-refractivity contribution in [3.8, 4) is 5.75 Å². The van der Waals surface area contributed by atoms with Crippen LogP contribution in [0.3, 0.4) is 0 Å². The molecule has 0 atom stereocenters. The smallest absolute Gasteiger partial charge is 0.255 e. The van der Waals surface area contributed by atoms with Gasteiger partial charge in [0.15, 0.2) is 11.5 Å². The summed E-state index contributed by atoms with van der Waals surface area (Å²) >= 11 is 0. The van der Waals surface area contributed by atoms with Crippen molar-refractivity contribution in [1.82, 2.24) is 4.98 Å². The van der Waals surface area contributed by atoms with Gasteiger partial charge in [-0.2, -0.15) is 0 Å². The van der Waals surface area contributed by atoms with Gasteiger partial charge in [0.2, 0.25) is 0 Å². The highest BCUT2D eigenvalue weighted by Gasteiger charge is 2.28. The van der Waals surface area contributed by atoms with E-state index in [4.69, 9.17) is 9.15 Å². The average molecular weight is 350 g/mol. The molecule has 26 heavy (non-hydrogen) atoms. The molecule has 0 spiro atoms. The number of benzene rings is 2. The average Bonchev–Trinajstić information content (AvgIpc) is 3.42. The zero-order valence-corrected chi connectivity index (χ0v) is 14.8. The van der Waals surface area contributed by atoms with Crippen LogP contribution >= 0.6 is 0 Å². The topological polar surface area (TPSA) is 64.4 Å². The van der Waals surface area contributed by atoms with Crippen molar-refractivity contribution < 1.29 is 13.9 Å². The maximum atomic E-state index is 12.4. The van der Waals surface area contributed by atoms with Crippen molar-refractivity contribution in [3.63, 3.8) is 0 Å². The van der Waals surface area contributed by atoms with Crippen molar-refractivity contribution >= 4 is 22.7 Å². The molecule has 2 aromatic carbocycles. The Morgan fingerprint density at radius 1 is 1.23 bits per heavy atom. The summed E-state index contributed by atoms with van der Waals surface area (Å²) in [6, 6.07) is 12.7. The van der Waals surface area contributed by atoms with Crippen LogP contribution in [0.5, 0.6) is 5.75 Å². The van der Waals surface area contributed by atoms with Crippen molar-refractivity contribution in [2.45, 2.75) is 38.5 Å². The zero-order chi connectivity index (χ0) is 17.9. The molecular formula is C21H22N2O3. The molecule has 1 fully saturated rings. The third kappa shape index (κ3) is 3.72. The molecule has 0 unspecified atom stereocenters. The number of nitrogens with zero attached hydrogens (tertiary/aromatic N) is 1. The number of hydrogen-bond donors (Lipinski definition) is 1. The number of amides is 1. The molecular weight excluding hydrogens is 328 g/mol. The first kappa shape index (κ1) is 16.6. The third-order valence-corrected chi connectivity index (χ3v) is 4.47. The Bertz CT molecular complexity index is 911. The number of hydrogen-bond acceptors (Lipinski definition) is 4. The molecule has 0 aliphatic heterocycles. The summed E-state index contributed by atoms with van der Waals surface area (Å²) in [6.45, 7) is 2.82. The fourth-order valence-electron chi connectivity index (χ4n) is 2.77. The largest absolute Gasteiger partial charge is 0.494 e. The Morgan fingerprint density at radius 2 is 2.04 bits per heavy atom. The van der Waals surface area contributed by atoms with E-state index in [0.717, 1.165) is 48.4 Å². The Kier molecular flexibility index (Phi) is 4.61. The number of ether oxygens (including phenoxy) is 1. The molecule has 1 saturated carbocycles. The third-order valence-electron chi connectivity index (χ3n) is 4.47. The van der Waals surface area contributed by atoms with Crippen LogP contribution in [0.4, 0.5) is 5.69 Å². The van der Waals surface area contributed by atoms with Gasteiger partial charge in [-0.3, -0.25) is 4.79 Å². The van der Waals surface area contributed by atoms with Gasteiger partial charge in [-0.25, -0.2) is 4.98 Å². The number of carbonyl (C=O) groups excluding carboxylic acids is 1. The van der Waals surface area contributed by atoms with Crippen molar-refractivity contribution in [2.75, 3.05) is 11.9 Å². The molecule has 1 N–H and O–H groups in total. The summed E-state index contributed by atoms with van der Waals surface area (Å²) in [5, 5.41) is 2.91. The second-order valence-electron chi connectivity index (χ2n) is 6.69. The number of aromatic nitrogens is 1. The van der Waals surface area contributed by atoms with Gasteiger partial charge in [-0.15, -0.1) is 0 Å². The van der Waals surface area contributed by atoms with E-state index in [9.17, 15) is 4.79 Å². The Labute approximate surface area is 152 Å². The van der Waals surface area contributed by atoms with Crippen molar-refractivity contribution in [2.24, 2.45) is 0 Å². The van der Waals surface area contributed by atoms with Crippen LogP contribution in [0.25, 0.3) is 11.1 Å². The SMILES string of the molecule is CCCCOc1ccc(C(=O)Nc2ccc3oc(C4CC4)nc3c2)cc1. The lowest BCUT2D eigenvalue weighted by Crippen LogP contribution is -2.11. The first-order valence-corrected chi connectivity index (χ1v) is 9.17. The Balaban J connectivity index is 1.42. The number of unbranched alkanes of at least 4 members (excludes halogenated alkanes) is 1. The molecule has 5 heteroatoms. The summed E-state index contributed by atoms with van der Waals surface area (Å²) in [5.41, 5.74) is 2.84. The second kappa shape index (κ2) is 7.20. The highest BCUT2D eigenvalue weighted by atomic mass is 16.5. The van der Waals surface area contributed by atoms with E-state index < -0.39 is 0 Å². The summed E-state index contributed by atoms with van der Waals surface area (Å²) in [5.74, 6) is 1.91. The number of fused-ring (bicyclic) bond motifs is 1. The quantitative estimate of drug-likeness (QED) is 0.600. The fraction of sp³-hybridized carbons (Fsp3) is 0.333. The summed E-state index contributed by atoms with van der Waals surface area (Å²) < 4.78 is 11.4. The van der Waals surface area contributed by atoms with E-state index in [1.54, 1.807) is 12.1 Å². The zero-order valence-electron chi connectivity index (χ0n) is 14.8. The molecule has 134 valence electrons. The van der Waals surface area contributed by atoms with Crippen LogP contribution in [0.1, 0.15) is 54.8 Å². The number of carbonyl (C=O) groups is 1. The van der Waals surface area contributed by atoms with E-state index in [1.165, 1.54) is 0 Å². The molecule has 4 rings (SSSR count). The van der Waals surface area contributed by atoms with E-state index in [-0.39, 0.29) is 5.91 Å². The van der Waals surface area contributed by atoms with Gasteiger partial charge < -0.3 is 14.5 Å². The van der Waals surface area contributed by atoms with Gasteiger partial charge in [0.05, 0.1) is 6.61 Å². The predicted octanol–water partition coefficient (Wildman–Crippen LogP) is 5.14. The van der Waals surface area contributed by atoms with E-state index in [1.807, 2.05) is 30.3 Å². The van der Waals surface area contributed by atoms with Gasteiger partial charge in [0.25, 0.3) is 5.91 Å². The number of nitrogens with one attached hydrogen (secondary N) is 1. The number of oxazole rings is 1. The van der Waals surface area contributed by atoms with Crippen LogP contribution in [0, 0.1) is 0 Å². The van der Waals surface area contributed by atoms with Crippen molar-refractivity contribution in [3.05, 3.63) is 53.9 Å². The lowest BCUT2D eigenvalue weighted by Gasteiger charge is -2.07. The molecule has 1 amide bonds. The minimum atomic E-state index is -0.157. The molecule has 3 aromatic rings. The second-order valence-corrected chi connectivity index (χ2v) is 6.69. The lowest BCUT2D eigenvalue weighted by atomic mass is 10.2. The molecule has 5 nitrogen and oxygen atoms in total. The highest BCUT2D eigenvalue weighted by molar-refractivity contribution is 6.04. The highest BCUT2D eigenvalue weighted by Crippen LogP contribution is 2.40. The van der Waals surface area contributed by atoms with E-state index in [2.05, 4.69) is 17.2 Å². The van der Waals surface area contributed by atoms with Gasteiger partial charge >= 0.3 is 0 Å². The number of anilines is 1. The molecule has 0 saturated heterocycles. The van der Waals surface area contributed by atoms with Gasteiger partial charge in [0, 0.05) is 17.2 Å². The monoisotopic (exact) mass is 350 g/mol. The Morgan fingerprint density at radius 3 is 2.77 bits per heavy atom. The predicted molar refractivity (Wildman–Crippen MR) is 101 cm³/mol. The fourth-order valence-corrected chi connectivity index (χ4v) is 2.77. The summed E-state index contributed by atoms with van der Waals surface area (Å²) in [6.07, 6.45) is 4.41. The first-order valence-electron chi connectivity index (χ1n) is 9.17. The standard InChI is InChI=1S/C21H22N2O3/c1-2-3-12-25-17-9-6-14(7-10-17)20(24)22-16-8-11-19-18(13-16)23-21(26-19)15-4-5-15/h6-11,13,15H,2-5,12H2,1H3,(H,22,24). The molecule has 1 aromatic heterocycles. The van der Waals surface area contributed by atoms with Crippen LogP contribution in [0.15, 0.2) is 46.9 Å². The van der Waals surface area contributed by atoms with Crippen LogP contribution in [-0.2, 0) is 0 Å². The molecule has 1 aliphatic rings. The van der Waals surface area contributed by atoms with Crippen LogP contribution in [-0.4, -0.2) is 17.5 Å².